The van der Waals surface area contributed by atoms with Crippen LogP contribution >= 0.6 is 21.6 Å². The molecular formula is C63H91N11O12S2. The van der Waals surface area contributed by atoms with Gasteiger partial charge in [0.25, 0.3) is 12.4 Å². The molecule has 1 aliphatic carbocycles. The van der Waals surface area contributed by atoms with Crippen LogP contribution in [0.15, 0.2) is 53.5 Å². The van der Waals surface area contributed by atoms with Gasteiger partial charge in [-0.25, -0.2) is 10.2 Å². The number of carbonyl (C=O) groups is 6. The summed E-state index contributed by atoms with van der Waals surface area (Å²) in [6, 6.07) is 9.65. The fourth-order valence-electron chi connectivity index (χ4n) is 16.1. The number of Topliss-reactive ketones (excluding diaryl/α,β-unsaturated/α-hetero) is 2. The quantitative estimate of drug-likeness (QED) is 0.00993. The number of hydrogen-bond donors (Lipinski definition) is 10. The third-order valence-corrected chi connectivity index (χ3v) is 22.6. The number of anilines is 1. The van der Waals surface area contributed by atoms with Crippen LogP contribution in [0.2, 0.25) is 0 Å². The summed E-state index contributed by atoms with van der Waals surface area (Å²) in [7, 11) is 8.03. The fourth-order valence-corrected chi connectivity index (χ4v) is 18.0. The van der Waals surface area contributed by atoms with Crippen LogP contribution in [-0.2, 0) is 50.7 Å². The number of rotatable bonds is 27. The second kappa shape index (κ2) is 27.7. The lowest BCUT2D eigenvalue weighted by Crippen LogP contribution is -2.82. The normalized spacial score (nSPS) is 29.5. The molecule has 1 saturated carbocycles. The van der Waals surface area contributed by atoms with Crippen molar-refractivity contribution in [3.8, 4) is 5.75 Å². The van der Waals surface area contributed by atoms with E-state index in [2.05, 4.69) is 59.5 Å². The monoisotopic (exact) mass is 1260 g/mol. The maximum atomic E-state index is 15.1. The topological polar surface area (TPSA) is 329 Å². The lowest BCUT2D eigenvalue weighted by Gasteiger charge is -2.63. The summed E-state index contributed by atoms with van der Waals surface area (Å²) in [4.78, 5) is 94.2. The molecule has 3 aromatic rings. The number of carbonyl (C=O) groups excluding carboxylic acids is 6. The van der Waals surface area contributed by atoms with E-state index in [-0.39, 0.29) is 55.4 Å². The van der Waals surface area contributed by atoms with Gasteiger partial charge in [0.05, 0.1) is 36.3 Å². The first kappa shape index (κ1) is 66.5. The lowest BCUT2D eigenvalue weighted by molar-refractivity contribution is -0.204. The fraction of sp³-hybridized carbons (Fsp3) is 0.635. The second-order valence-corrected chi connectivity index (χ2v) is 27.9. The molecule has 482 valence electrons. The molecule has 1 spiro atoms. The van der Waals surface area contributed by atoms with Crippen LogP contribution in [0, 0.1) is 17.3 Å². The number of nitrogens with two attached hydrogens (primary N) is 2. The summed E-state index contributed by atoms with van der Waals surface area (Å²) in [5, 5.41) is 45.4. The van der Waals surface area contributed by atoms with Crippen LogP contribution in [-0.4, -0.2) is 199 Å². The van der Waals surface area contributed by atoms with Crippen LogP contribution in [0.4, 0.5) is 10.5 Å². The Morgan fingerprint density at radius 3 is 2.48 bits per heavy atom. The number of aliphatic hydroxyl groups is 3. The number of piperidine rings is 1. The Kier molecular flexibility index (Phi) is 20.9. The molecule has 1 unspecified atom stereocenters. The predicted octanol–water partition coefficient (Wildman–Crippen LogP) is 3.48. The maximum absolute atomic E-state index is 15.1. The number of likely N-dealkylation sites (N-methyl/N-ethyl adjacent to an activating group) is 2. The van der Waals surface area contributed by atoms with Gasteiger partial charge in [-0.3, -0.25) is 44.2 Å². The summed E-state index contributed by atoms with van der Waals surface area (Å²) >= 11 is 0. The molecule has 3 amide bonds. The van der Waals surface area contributed by atoms with Gasteiger partial charge in [0.2, 0.25) is 5.91 Å². The van der Waals surface area contributed by atoms with E-state index >= 15 is 4.79 Å². The molecule has 23 nitrogen and oxygen atoms in total. The van der Waals surface area contributed by atoms with Crippen molar-refractivity contribution >= 4 is 80.1 Å². The van der Waals surface area contributed by atoms with Gasteiger partial charge in [0, 0.05) is 121 Å². The Morgan fingerprint density at radius 1 is 0.977 bits per heavy atom. The number of guanidine groups is 1. The third kappa shape index (κ3) is 12.5. The van der Waals surface area contributed by atoms with Crippen LogP contribution in [0.25, 0.3) is 10.9 Å². The minimum atomic E-state index is -2.54. The van der Waals surface area contributed by atoms with Gasteiger partial charge in [-0.05, 0) is 107 Å². The highest BCUT2D eigenvalue weighted by Crippen LogP contribution is 2.67. The molecule has 12 N–H and O–H groups in total. The highest BCUT2D eigenvalue weighted by atomic mass is 33.1. The highest BCUT2D eigenvalue weighted by molar-refractivity contribution is 8.76. The lowest BCUT2D eigenvalue weighted by atomic mass is 9.47. The molecule has 13 atom stereocenters. The van der Waals surface area contributed by atoms with Crippen molar-refractivity contribution < 1.29 is 58.3 Å². The summed E-state index contributed by atoms with van der Waals surface area (Å²) in [5.74, 6) is -0.851. The standard InChI is InChI=1S/C63H91N11O12S2/c1-8-59(82)32-40-33-61(36-85-37-75,51-42(19-24-73(34-40)35-59)41-15-10-11-16-45(41)69-51)44-30-43-47(31-50(44)84-7)72(6)54-62(43)21-25-74-23-14-20-60(9-2,53(62)74)55(79)63(54,83)56(80)70-71-58(81)86-26-28-88-87-27-13-18-48(76)39(4)68-52(78)38(3)29-49(77)46(66-5)17-12-22-67-57(64)65/h10-11,14-16,20,30-31,37-40,46,53-55,66,69,79,82-83H,8-9,12-13,17-19,21-29,32-36H2,1-7H3,(H,68,78)(H,70,80)(H,71,81)(H4,64,65,67)/t38-,39+,40-,46+,53+,54-,55-,59+,60-,61+,62-,63+/m1/s1. The molecule has 0 radical (unpaired) electrons. The smallest absolute Gasteiger partial charge is 0.426 e. The number of methoxy groups -OCH3 is 1. The number of hydrogen-bond acceptors (Lipinski definition) is 19. The Hall–Kier alpha value is -5.93. The van der Waals surface area contributed by atoms with Crippen molar-refractivity contribution in [1.82, 2.24) is 36.3 Å². The summed E-state index contributed by atoms with van der Waals surface area (Å²) < 4.78 is 17.9. The van der Waals surface area contributed by atoms with E-state index in [1.54, 1.807) is 28.0 Å². The van der Waals surface area contributed by atoms with Crippen molar-refractivity contribution in [3.63, 3.8) is 0 Å². The zero-order chi connectivity index (χ0) is 63.3. The van der Waals surface area contributed by atoms with E-state index in [9.17, 15) is 39.3 Å². The Morgan fingerprint density at radius 2 is 1.75 bits per heavy atom. The number of benzene rings is 2. The average molecular weight is 1260 g/mol. The number of para-hydroxylation sites is 1. The molecule has 6 heterocycles. The number of nitrogens with zero attached hydrogens (tertiary/aromatic N) is 4. The van der Waals surface area contributed by atoms with E-state index in [0.717, 1.165) is 39.8 Å². The van der Waals surface area contributed by atoms with Crippen molar-refractivity contribution in [3.05, 3.63) is 70.9 Å². The van der Waals surface area contributed by atoms with E-state index < -0.39 is 75.6 Å². The van der Waals surface area contributed by atoms with E-state index in [1.807, 2.05) is 56.1 Å². The van der Waals surface area contributed by atoms with E-state index in [4.69, 9.17) is 25.7 Å². The average Bonchev–Trinajstić information content (AvgIpc) is 1.44. The minimum absolute atomic E-state index is 0.0126. The number of ether oxygens (including phenoxy) is 3. The molecule has 9 rings (SSSR count). The Labute approximate surface area is 523 Å². The largest absolute Gasteiger partial charge is 0.496 e. The first-order chi connectivity index (χ1) is 42.1. The predicted molar refractivity (Wildman–Crippen MR) is 340 cm³/mol. The zero-order valence-corrected chi connectivity index (χ0v) is 53.5. The number of aliphatic hydroxyl groups excluding tert-OH is 1. The molecule has 2 bridgehead atoms. The molecule has 6 aliphatic rings. The number of H-pyrrole nitrogens is 1. The number of hydrazine groups is 1. The molecule has 25 heteroatoms. The number of fused-ring (bicyclic) bond motifs is 6. The minimum Gasteiger partial charge on any atom is -0.496 e. The van der Waals surface area contributed by atoms with E-state index in [1.165, 1.54) is 21.6 Å². The number of aromatic nitrogens is 1. The SMILES string of the molecule is CC[C@]1(O)C[C@H]2CN(CCc3c([nH]c4ccccc34)[C@@](COC=O)(c3cc4c(cc3OC)N(C)[C@H]3[C@@](O)(C(=O)NNC(=O)OCCSSCCCC(=O)[C@H](C)NC(=O)[C@H](C)CC(=O)[C@H](CCCN=C(N)N)NC)[C@H](O)[C@]5(CC)C=CCN6CC[C@]43[C@@H]65)C2)C1. The van der Waals surface area contributed by atoms with Crippen molar-refractivity contribution in [2.75, 3.05) is 90.1 Å². The van der Waals surface area contributed by atoms with Gasteiger partial charge in [-0.1, -0.05) is 72.7 Å². The van der Waals surface area contributed by atoms with Crippen molar-refractivity contribution in [1.29, 1.82) is 0 Å². The van der Waals surface area contributed by atoms with Gasteiger partial charge in [-0.2, -0.15) is 0 Å². The van der Waals surface area contributed by atoms with Gasteiger partial charge in [-0.15, -0.1) is 0 Å². The van der Waals surface area contributed by atoms with Gasteiger partial charge >= 0.3 is 6.09 Å². The van der Waals surface area contributed by atoms with E-state index in [0.29, 0.717) is 120 Å². The van der Waals surface area contributed by atoms with Gasteiger partial charge < -0.3 is 61.5 Å². The first-order valence-electron chi connectivity index (χ1n) is 31.1. The molecule has 2 aromatic carbocycles. The number of aromatic amines is 1. The van der Waals surface area contributed by atoms with Crippen LogP contribution in [0.1, 0.15) is 114 Å². The summed E-state index contributed by atoms with van der Waals surface area (Å²) in [6.45, 7) is 11.2. The van der Waals surface area contributed by atoms with Crippen LogP contribution < -0.4 is 42.6 Å². The second-order valence-electron chi connectivity index (χ2n) is 25.2. The zero-order valence-electron chi connectivity index (χ0n) is 51.9. The Bertz CT molecular complexity index is 3130. The highest BCUT2D eigenvalue weighted by Gasteiger charge is 2.79. The third-order valence-electron chi connectivity index (χ3n) is 20.1. The molecule has 5 aliphatic heterocycles. The molecule has 2 saturated heterocycles. The number of amides is 3. The summed E-state index contributed by atoms with van der Waals surface area (Å²) in [5.41, 5.74) is 14.1. The van der Waals surface area contributed by atoms with Crippen molar-refractivity contribution in [2.24, 2.45) is 33.7 Å². The number of nitrogens with one attached hydrogen (secondary N) is 5. The van der Waals surface area contributed by atoms with Crippen LogP contribution in [0.3, 0.4) is 0 Å². The molecular weight excluding hydrogens is 1170 g/mol. The van der Waals surface area contributed by atoms with Crippen LogP contribution in [0.5, 0.6) is 5.75 Å². The Balaban J connectivity index is 0.879. The first-order valence-corrected chi connectivity index (χ1v) is 33.5. The number of ketones is 2. The maximum Gasteiger partial charge on any atom is 0.426 e. The molecule has 88 heavy (non-hydrogen) atoms. The summed E-state index contributed by atoms with van der Waals surface area (Å²) in [6.07, 6.45) is 6.33. The van der Waals surface area contributed by atoms with Gasteiger partial charge in [0.1, 0.15) is 25.1 Å². The molecule has 1 aromatic heterocycles. The molecule has 3 fully saturated rings. The van der Waals surface area contributed by atoms with Gasteiger partial charge in [0.15, 0.2) is 23.1 Å². The van der Waals surface area contributed by atoms with Crippen molar-refractivity contribution in [2.45, 2.75) is 151 Å². The number of aliphatic imine (C=N–C) groups is 1.